The Morgan fingerprint density at radius 2 is 0.526 bits per heavy atom. The Labute approximate surface area is 362 Å². The molecule has 0 aliphatic rings. The van der Waals surface area contributed by atoms with E-state index in [1.165, 1.54) is 57.8 Å². The summed E-state index contributed by atoms with van der Waals surface area (Å²) in [5, 5.41) is 15.2. The minimum atomic E-state index is -4.32. The third-order valence-corrected chi connectivity index (χ3v) is 10.2. The van der Waals surface area contributed by atoms with Crippen molar-refractivity contribution in [2.75, 3.05) is 13.2 Å². The Kier molecular flexibility index (Phi) is 58.3. The van der Waals surface area contributed by atoms with E-state index < -0.39 is 23.5 Å². The van der Waals surface area contributed by atoms with E-state index in [-0.39, 0.29) is 31.5 Å². The van der Waals surface area contributed by atoms with Crippen molar-refractivity contribution in [3.63, 3.8) is 0 Å². The normalized spacial score (nSPS) is 13.0. The molecule has 0 aliphatic heterocycles. The van der Waals surface area contributed by atoms with Crippen molar-refractivity contribution in [3.05, 3.63) is 0 Å². The molecule has 0 radical (unpaired) electrons. The van der Waals surface area contributed by atoms with Crippen LogP contribution in [0.4, 0.5) is 0 Å². The van der Waals surface area contributed by atoms with Crippen LogP contribution >= 0.6 is 23.5 Å². The number of unbranched alkanes of at least 4 members (excludes halogenated alkanes) is 15. The first-order valence-electron chi connectivity index (χ1n) is 21.5. The third kappa shape index (κ3) is 68.9. The molecule has 0 aromatic rings. The summed E-state index contributed by atoms with van der Waals surface area (Å²) in [5.74, 6) is 0. The molecule has 3 unspecified atom stereocenters. The van der Waals surface area contributed by atoms with Gasteiger partial charge in [-0.15, -0.1) is 0 Å². The van der Waals surface area contributed by atoms with Crippen LogP contribution in [0.25, 0.3) is 0 Å². The molecular formula is C38H87O15P3Zr. The molecule has 0 heterocycles. The summed E-state index contributed by atoms with van der Waals surface area (Å²) in [6, 6.07) is 0. The molecule has 57 heavy (non-hydrogen) atoms. The van der Waals surface area contributed by atoms with E-state index in [0.717, 1.165) is 116 Å². The van der Waals surface area contributed by atoms with Crippen LogP contribution in [0.3, 0.4) is 0 Å². The predicted molar refractivity (Wildman–Crippen MR) is 224 cm³/mol. The zero-order valence-corrected chi connectivity index (χ0v) is 41.7. The van der Waals surface area contributed by atoms with Crippen LogP contribution in [-0.2, 0) is 54.8 Å². The van der Waals surface area contributed by atoms with Crippen molar-refractivity contribution >= 4 is 23.5 Å². The standard InChI is InChI=1S/3C12H27O4P.C2H6O2.O.Zr/c3*1-3-5-7-8-9-11-12(10-6-4-2)16-17(13,14)15;3-1-2-4;;/h3*12H,3-11H2,1-2H3,(H2,13,14,15);3-4H,1-2H2;;. The van der Waals surface area contributed by atoms with Gasteiger partial charge in [-0.2, -0.15) is 0 Å². The van der Waals surface area contributed by atoms with Gasteiger partial charge in [-0.05, 0) is 38.5 Å². The van der Waals surface area contributed by atoms with Gasteiger partial charge in [0.15, 0.2) is 0 Å². The van der Waals surface area contributed by atoms with E-state index in [1.54, 1.807) is 0 Å². The molecule has 0 aromatic heterocycles. The summed E-state index contributed by atoms with van der Waals surface area (Å²) < 4.78 is 55.2. The van der Waals surface area contributed by atoms with Gasteiger partial charge < -0.3 is 39.6 Å². The number of hydrogen-bond acceptors (Lipinski definition) is 9. The number of aliphatic hydroxyl groups excluding tert-OH is 2. The van der Waals surface area contributed by atoms with Crippen LogP contribution < -0.4 is 0 Å². The van der Waals surface area contributed by atoms with E-state index in [1.807, 2.05) is 0 Å². The van der Waals surface area contributed by atoms with Crippen molar-refractivity contribution in [3.8, 4) is 0 Å². The van der Waals surface area contributed by atoms with Gasteiger partial charge in [0.1, 0.15) is 0 Å². The molecule has 0 saturated carbocycles. The van der Waals surface area contributed by atoms with Gasteiger partial charge in [0, 0.05) is 0 Å². The average Bonchev–Trinajstić information content (AvgIpc) is 3.14. The molecule has 8 N–H and O–H groups in total. The van der Waals surface area contributed by atoms with Crippen LogP contribution in [0.5, 0.6) is 0 Å². The molecule has 0 spiro atoms. The first-order valence-corrected chi connectivity index (χ1v) is 27.1. The van der Waals surface area contributed by atoms with Crippen LogP contribution in [0.2, 0.25) is 0 Å². The fourth-order valence-corrected chi connectivity index (χ4v) is 7.35. The molecule has 3 atom stereocenters. The van der Waals surface area contributed by atoms with Gasteiger partial charge in [-0.25, -0.2) is 13.7 Å². The van der Waals surface area contributed by atoms with Gasteiger partial charge in [0.25, 0.3) is 0 Å². The Morgan fingerprint density at radius 1 is 0.351 bits per heavy atom. The predicted octanol–water partition coefficient (Wildman–Crippen LogP) is 10.9. The molecule has 0 fully saturated rings. The SMILES string of the molecule is CCCCCCCC(CCCC)OP(=O)(O)O.CCCCCCCC(CCCC)OP(=O)(O)O.CCCCCCCC(CCCC)OP(=O)(O)O.OCCO.[O]=[Zr]. The molecule has 0 saturated heterocycles. The molecule has 15 nitrogen and oxygen atoms in total. The van der Waals surface area contributed by atoms with Crippen molar-refractivity contribution in [1.82, 2.24) is 0 Å². The molecule has 348 valence electrons. The Bertz CT molecular complexity index is 811. The van der Waals surface area contributed by atoms with E-state index >= 15 is 0 Å². The number of rotatable bonds is 34. The first-order chi connectivity index (χ1) is 26.9. The summed E-state index contributed by atoms with van der Waals surface area (Å²) in [7, 11) is -13.0. The van der Waals surface area contributed by atoms with E-state index in [9.17, 15) is 13.7 Å². The molecule has 0 bridgehead atoms. The minimum absolute atomic E-state index is 0.125. The van der Waals surface area contributed by atoms with E-state index in [0.29, 0.717) is 24.7 Å². The zero-order chi connectivity index (χ0) is 44.9. The monoisotopic (exact) mass is 966 g/mol. The van der Waals surface area contributed by atoms with Crippen molar-refractivity contribution in [2.45, 2.75) is 233 Å². The fraction of sp³-hybridized carbons (Fsp3) is 1.00. The molecule has 0 amide bonds. The van der Waals surface area contributed by atoms with Gasteiger partial charge in [-0.1, -0.05) is 176 Å². The quantitative estimate of drug-likeness (QED) is 0.0220. The maximum absolute atomic E-state index is 10.8. The maximum atomic E-state index is 10.8. The van der Waals surface area contributed by atoms with Crippen molar-refractivity contribution in [1.29, 1.82) is 0 Å². The Hall–Kier alpha value is 0.933. The van der Waals surface area contributed by atoms with Crippen LogP contribution in [0.15, 0.2) is 0 Å². The second kappa shape index (κ2) is 49.6. The van der Waals surface area contributed by atoms with E-state index in [4.69, 9.17) is 56.0 Å². The number of phosphoric acid groups is 3. The molecule has 0 aliphatic carbocycles. The Balaban J connectivity index is -0.000000221. The van der Waals surface area contributed by atoms with Crippen LogP contribution in [-0.4, -0.2) is 71.1 Å². The summed E-state index contributed by atoms with van der Waals surface area (Å²) in [6.07, 6.45) is 26.9. The number of aliphatic hydroxyl groups is 2. The summed E-state index contributed by atoms with van der Waals surface area (Å²) in [5.41, 5.74) is 0. The second-order valence-electron chi connectivity index (χ2n) is 14.1. The van der Waals surface area contributed by atoms with Crippen molar-refractivity contribution < 1.29 is 94.4 Å². The van der Waals surface area contributed by atoms with Gasteiger partial charge >= 0.3 is 51.0 Å². The summed E-state index contributed by atoms with van der Waals surface area (Å²) in [6.45, 7) is 12.4. The van der Waals surface area contributed by atoms with Gasteiger partial charge in [-0.3, -0.25) is 13.6 Å². The second-order valence-corrected chi connectivity index (χ2v) is 17.7. The van der Waals surface area contributed by atoms with E-state index in [2.05, 4.69) is 41.5 Å². The van der Waals surface area contributed by atoms with Gasteiger partial charge in [0.2, 0.25) is 0 Å². The zero-order valence-electron chi connectivity index (χ0n) is 36.5. The van der Waals surface area contributed by atoms with Crippen molar-refractivity contribution in [2.24, 2.45) is 0 Å². The van der Waals surface area contributed by atoms with Crippen LogP contribution in [0, 0.1) is 0 Å². The topological polar surface area (TPSA) is 258 Å². The number of hydrogen-bond donors (Lipinski definition) is 8. The summed E-state index contributed by atoms with van der Waals surface area (Å²) in [4.78, 5) is 52.9. The molecule has 0 aromatic carbocycles. The molecule has 0 rings (SSSR count). The molecule has 19 heteroatoms. The Morgan fingerprint density at radius 3 is 0.684 bits per heavy atom. The van der Waals surface area contributed by atoms with Gasteiger partial charge in [0.05, 0.1) is 31.5 Å². The molecular weight excluding hydrogens is 881 g/mol. The number of phosphoric ester groups is 3. The third-order valence-electron chi connectivity index (χ3n) is 8.49. The average molecular weight is 968 g/mol. The van der Waals surface area contributed by atoms with Crippen LogP contribution in [0.1, 0.15) is 215 Å². The first kappa shape index (κ1) is 67.0. The summed E-state index contributed by atoms with van der Waals surface area (Å²) >= 11 is 0.300. The fourth-order valence-electron chi connectivity index (χ4n) is 5.55.